The summed E-state index contributed by atoms with van der Waals surface area (Å²) in [5.74, 6) is 0. The zero-order chi connectivity index (χ0) is 14.2. The van der Waals surface area contributed by atoms with Crippen LogP contribution in [0.3, 0.4) is 0 Å². The third-order valence-corrected chi connectivity index (χ3v) is 3.27. The summed E-state index contributed by atoms with van der Waals surface area (Å²) in [5.41, 5.74) is -2.83. The summed E-state index contributed by atoms with van der Waals surface area (Å²) in [7, 11) is 0. The summed E-state index contributed by atoms with van der Waals surface area (Å²) in [6.45, 7) is -0.709. The standard InChI is InChI=1S/C10H14FN3O5/c11-10(4-12)7(17)5(3-15)19-8(10)14-2-1-6(16)13-9(14)18/h5-8,15-17H,1-3H2,(H,13,18)/t5-,6?,7-,8-,10-/m1/s1. The van der Waals surface area contributed by atoms with E-state index in [0.29, 0.717) is 0 Å². The lowest BCUT2D eigenvalue weighted by Gasteiger charge is -2.36. The van der Waals surface area contributed by atoms with Gasteiger partial charge < -0.3 is 25.4 Å². The van der Waals surface area contributed by atoms with Gasteiger partial charge in [0.2, 0.25) is 0 Å². The summed E-state index contributed by atoms with van der Waals surface area (Å²) >= 11 is 0. The van der Waals surface area contributed by atoms with Crippen LogP contribution in [0.2, 0.25) is 0 Å². The van der Waals surface area contributed by atoms with E-state index in [1.807, 2.05) is 0 Å². The molecule has 106 valence electrons. The van der Waals surface area contributed by atoms with Gasteiger partial charge in [-0.05, 0) is 0 Å². The van der Waals surface area contributed by atoms with Gasteiger partial charge in [0.15, 0.2) is 6.23 Å². The number of amides is 2. The summed E-state index contributed by atoms with van der Waals surface area (Å²) in [5, 5.41) is 38.9. The SMILES string of the molecule is N#C[C@@]1(F)[C@H](O)[C@@H](CO)O[C@H]1N1CCC(O)NC1=O. The van der Waals surface area contributed by atoms with Gasteiger partial charge in [0, 0.05) is 13.0 Å². The molecule has 0 aromatic heterocycles. The van der Waals surface area contributed by atoms with Crippen molar-refractivity contribution in [1.29, 1.82) is 5.26 Å². The predicted molar refractivity (Wildman–Crippen MR) is 57.1 cm³/mol. The van der Waals surface area contributed by atoms with Gasteiger partial charge in [0.25, 0.3) is 5.67 Å². The fraction of sp³-hybridized carbons (Fsp3) is 0.800. The molecule has 0 aromatic rings. The molecule has 0 aliphatic carbocycles. The van der Waals surface area contributed by atoms with Crippen molar-refractivity contribution < 1.29 is 29.2 Å². The number of carbonyl (C=O) groups excluding carboxylic acids is 1. The van der Waals surface area contributed by atoms with Crippen LogP contribution in [0.4, 0.5) is 9.18 Å². The maximum atomic E-state index is 14.5. The Balaban J connectivity index is 2.24. The van der Waals surface area contributed by atoms with E-state index in [4.69, 9.17) is 15.1 Å². The van der Waals surface area contributed by atoms with E-state index >= 15 is 0 Å². The highest BCUT2D eigenvalue weighted by Gasteiger charge is 2.61. The molecule has 5 atom stereocenters. The van der Waals surface area contributed by atoms with Crippen LogP contribution in [0, 0.1) is 11.3 Å². The number of nitrogens with one attached hydrogen (secondary N) is 1. The topological polar surface area (TPSA) is 126 Å². The van der Waals surface area contributed by atoms with Gasteiger partial charge in [-0.25, -0.2) is 9.18 Å². The number of aliphatic hydroxyl groups excluding tert-OH is 3. The highest BCUT2D eigenvalue weighted by Crippen LogP contribution is 2.36. The van der Waals surface area contributed by atoms with Gasteiger partial charge in [-0.15, -0.1) is 0 Å². The van der Waals surface area contributed by atoms with Gasteiger partial charge in [-0.3, -0.25) is 4.90 Å². The van der Waals surface area contributed by atoms with E-state index in [2.05, 4.69) is 5.32 Å². The summed E-state index contributed by atoms with van der Waals surface area (Å²) in [6, 6.07) is 0.497. The first-order chi connectivity index (χ1) is 8.93. The third kappa shape index (κ3) is 2.12. The normalized spacial score (nSPS) is 42.9. The van der Waals surface area contributed by atoms with Crippen molar-refractivity contribution in [3.05, 3.63) is 0 Å². The van der Waals surface area contributed by atoms with Crippen LogP contribution in [0.25, 0.3) is 0 Å². The number of hydrogen-bond donors (Lipinski definition) is 4. The lowest BCUT2D eigenvalue weighted by Crippen LogP contribution is -2.60. The first-order valence-corrected chi connectivity index (χ1v) is 5.73. The fourth-order valence-corrected chi connectivity index (χ4v) is 2.20. The van der Waals surface area contributed by atoms with Gasteiger partial charge in [-0.1, -0.05) is 0 Å². The van der Waals surface area contributed by atoms with Crippen molar-refractivity contribution in [3.63, 3.8) is 0 Å². The number of nitrogens with zero attached hydrogens (tertiary/aromatic N) is 2. The first kappa shape index (κ1) is 14.0. The molecule has 1 unspecified atom stereocenters. The van der Waals surface area contributed by atoms with Gasteiger partial charge in [-0.2, -0.15) is 5.26 Å². The molecule has 2 aliphatic rings. The Morgan fingerprint density at radius 1 is 1.63 bits per heavy atom. The molecule has 9 heteroatoms. The van der Waals surface area contributed by atoms with E-state index in [0.717, 1.165) is 4.90 Å². The van der Waals surface area contributed by atoms with Crippen molar-refractivity contribution in [2.75, 3.05) is 13.2 Å². The molecule has 0 spiro atoms. The number of ether oxygens (including phenoxy) is 1. The number of nitriles is 1. The molecule has 2 fully saturated rings. The molecule has 0 bridgehead atoms. The number of rotatable bonds is 2. The average Bonchev–Trinajstić information content (AvgIpc) is 2.63. The number of halogens is 1. The fourth-order valence-electron chi connectivity index (χ4n) is 2.20. The van der Waals surface area contributed by atoms with Crippen LogP contribution in [-0.2, 0) is 4.74 Å². The molecule has 8 nitrogen and oxygen atoms in total. The van der Waals surface area contributed by atoms with Crippen molar-refractivity contribution in [1.82, 2.24) is 10.2 Å². The molecule has 2 aliphatic heterocycles. The number of aliphatic hydroxyl groups is 3. The number of carbonyl (C=O) groups is 1. The van der Waals surface area contributed by atoms with Crippen LogP contribution >= 0.6 is 0 Å². The van der Waals surface area contributed by atoms with Crippen molar-refractivity contribution >= 4 is 6.03 Å². The van der Waals surface area contributed by atoms with E-state index < -0.39 is 43.0 Å². The second kappa shape index (κ2) is 4.90. The minimum atomic E-state index is -2.83. The Kier molecular flexibility index (Phi) is 3.60. The monoisotopic (exact) mass is 275 g/mol. The Morgan fingerprint density at radius 2 is 2.32 bits per heavy atom. The summed E-state index contributed by atoms with van der Waals surface area (Å²) in [4.78, 5) is 12.5. The Morgan fingerprint density at radius 3 is 2.84 bits per heavy atom. The Labute approximate surface area is 108 Å². The lowest BCUT2D eigenvalue weighted by atomic mass is 9.97. The molecular weight excluding hydrogens is 261 g/mol. The zero-order valence-corrected chi connectivity index (χ0v) is 9.86. The lowest BCUT2D eigenvalue weighted by molar-refractivity contribution is -0.0895. The molecule has 2 heterocycles. The molecule has 2 saturated heterocycles. The number of hydrogen-bond acceptors (Lipinski definition) is 6. The Bertz CT molecular complexity index is 416. The summed E-state index contributed by atoms with van der Waals surface area (Å²) in [6.07, 6.45) is -5.68. The Hall–Kier alpha value is -1.47. The van der Waals surface area contributed by atoms with Crippen molar-refractivity contribution in [2.45, 2.75) is 36.8 Å². The minimum Gasteiger partial charge on any atom is -0.394 e. The van der Waals surface area contributed by atoms with Crippen LogP contribution in [0.1, 0.15) is 6.42 Å². The van der Waals surface area contributed by atoms with Gasteiger partial charge in [0.05, 0.1) is 6.61 Å². The minimum absolute atomic E-state index is 0.0319. The van der Waals surface area contributed by atoms with Gasteiger partial charge >= 0.3 is 6.03 Å². The molecule has 19 heavy (non-hydrogen) atoms. The highest BCUT2D eigenvalue weighted by molar-refractivity contribution is 5.75. The second-order valence-electron chi connectivity index (χ2n) is 4.48. The van der Waals surface area contributed by atoms with Gasteiger partial charge in [0.1, 0.15) is 24.5 Å². The largest absolute Gasteiger partial charge is 0.394 e. The smallest absolute Gasteiger partial charge is 0.321 e. The van der Waals surface area contributed by atoms with E-state index in [-0.39, 0.29) is 13.0 Å². The first-order valence-electron chi connectivity index (χ1n) is 5.73. The predicted octanol–water partition coefficient (Wildman–Crippen LogP) is -1.97. The van der Waals surface area contributed by atoms with Crippen molar-refractivity contribution in [2.24, 2.45) is 0 Å². The maximum absolute atomic E-state index is 14.5. The van der Waals surface area contributed by atoms with E-state index in [1.54, 1.807) is 0 Å². The third-order valence-electron chi connectivity index (χ3n) is 3.27. The molecule has 2 rings (SSSR count). The highest BCUT2D eigenvalue weighted by atomic mass is 19.1. The molecule has 0 radical (unpaired) electrons. The quantitative estimate of drug-likeness (QED) is 0.463. The average molecular weight is 275 g/mol. The second-order valence-corrected chi connectivity index (χ2v) is 4.48. The van der Waals surface area contributed by atoms with Crippen LogP contribution in [0.5, 0.6) is 0 Å². The number of alkyl halides is 1. The summed E-state index contributed by atoms with van der Waals surface area (Å²) < 4.78 is 19.5. The van der Waals surface area contributed by atoms with Crippen LogP contribution < -0.4 is 5.32 Å². The van der Waals surface area contributed by atoms with E-state index in [1.165, 1.54) is 6.07 Å². The molecule has 2 amide bonds. The maximum Gasteiger partial charge on any atom is 0.321 e. The molecule has 4 N–H and O–H groups in total. The molecule has 0 aromatic carbocycles. The molecule has 0 saturated carbocycles. The van der Waals surface area contributed by atoms with Crippen LogP contribution in [0.15, 0.2) is 0 Å². The molecular formula is C10H14FN3O5. The van der Waals surface area contributed by atoms with Crippen molar-refractivity contribution in [3.8, 4) is 6.07 Å². The zero-order valence-electron chi connectivity index (χ0n) is 9.86. The number of urea groups is 1. The van der Waals surface area contributed by atoms with E-state index in [9.17, 15) is 19.4 Å². The van der Waals surface area contributed by atoms with Crippen LogP contribution in [-0.4, -0.2) is 69.7 Å².